The van der Waals surface area contributed by atoms with Gasteiger partial charge in [-0.05, 0) is 66.7 Å². The topological polar surface area (TPSA) is 30.0 Å². The van der Waals surface area contributed by atoms with E-state index in [1.807, 2.05) is 60.7 Å². The molecule has 0 N–H and O–H groups in total. The summed E-state index contributed by atoms with van der Waals surface area (Å²) in [4.78, 5) is 5.34. The van der Waals surface area contributed by atoms with E-state index in [1.54, 1.807) is 0 Å². The first-order valence-electron chi connectivity index (χ1n) is 19.7. The summed E-state index contributed by atoms with van der Waals surface area (Å²) < 4.78 is 15.3. The van der Waals surface area contributed by atoms with Crippen molar-refractivity contribution in [2.75, 3.05) is 0 Å². The third-order valence-electron chi connectivity index (χ3n) is 11.7. The molecule has 0 radical (unpaired) electrons. The molecule has 11 rings (SSSR count). The molecule has 0 unspecified atom stereocenters. The Morgan fingerprint density at radius 2 is 0.759 bits per heavy atom. The second kappa shape index (κ2) is 13.8. The predicted molar refractivity (Wildman–Crippen MR) is 247 cm³/mol. The van der Waals surface area contributed by atoms with Gasteiger partial charge in [-0.1, -0.05) is 206 Å². The summed E-state index contributed by atoms with van der Waals surface area (Å²) in [5, 5.41) is 13.1. The van der Waals surface area contributed by atoms with Gasteiger partial charge in [0, 0.05) is 37.6 Å². The highest BCUT2D eigenvalue weighted by atomic mass is 31.2. The maximum atomic E-state index is 15.3. The first-order valence-corrected chi connectivity index (χ1v) is 21.4. The SMILES string of the molecule is O=P(c1ccccc1)(c1ccccc1)c1ccc(-c2c3ccccc3c(-c3cc4c(-c5ccccc5)nc5ccccc5c4c4ccccc34)c3ccccc23)cc1. The Hall–Kier alpha value is -7.12. The lowest BCUT2D eigenvalue weighted by Crippen LogP contribution is -2.24. The van der Waals surface area contributed by atoms with E-state index in [4.69, 9.17) is 4.98 Å². The van der Waals surface area contributed by atoms with E-state index in [9.17, 15) is 0 Å². The van der Waals surface area contributed by atoms with Gasteiger partial charge in [-0.25, -0.2) is 4.98 Å². The molecule has 0 aliphatic carbocycles. The minimum absolute atomic E-state index is 0.817. The average molecular weight is 758 g/mol. The maximum absolute atomic E-state index is 15.3. The van der Waals surface area contributed by atoms with E-state index in [-0.39, 0.29) is 0 Å². The molecule has 58 heavy (non-hydrogen) atoms. The lowest BCUT2D eigenvalue weighted by atomic mass is 9.83. The van der Waals surface area contributed by atoms with Crippen LogP contribution in [0.2, 0.25) is 0 Å². The third-order valence-corrected chi connectivity index (χ3v) is 14.8. The van der Waals surface area contributed by atoms with Crippen LogP contribution in [0, 0.1) is 0 Å². The summed E-state index contributed by atoms with van der Waals surface area (Å²) >= 11 is 0. The highest BCUT2D eigenvalue weighted by Crippen LogP contribution is 2.49. The quantitative estimate of drug-likeness (QED) is 0.0960. The van der Waals surface area contributed by atoms with E-state index in [0.717, 1.165) is 49.0 Å². The van der Waals surface area contributed by atoms with Crippen LogP contribution in [-0.4, -0.2) is 4.98 Å². The standard InChI is InChI=1S/C55H36NOP/c57-58(39-20-6-2-7-21-39,40-22-8-3-9-23-40)41-34-32-37(33-35-41)52-44-26-12-14-28-46(44)53(47-29-15-13-27-45(47)52)49-36-50-54(43-25-11-10-24-42(43)49)48-30-16-17-31-51(48)56-55(50)38-18-4-1-5-19-38/h1-36H. The number of aromatic nitrogens is 1. The van der Waals surface area contributed by atoms with Crippen molar-refractivity contribution < 1.29 is 4.57 Å². The Labute approximate surface area is 337 Å². The van der Waals surface area contributed by atoms with Gasteiger partial charge in [0.1, 0.15) is 0 Å². The monoisotopic (exact) mass is 757 g/mol. The van der Waals surface area contributed by atoms with Gasteiger partial charge in [0.25, 0.3) is 0 Å². The van der Waals surface area contributed by atoms with Crippen LogP contribution in [0.25, 0.3) is 87.5 Å². The van der Waals surface area contributed by atoms with Crippen molar-refractivity contribution in [1.82, 2.24) is 4.98 Å². The van der Waals surface area contributed by atoms with Gasteiger partial charge in [0.2, 0.25) is 0 Å². The molecule has 272 valence electrons. The van der Waals surface area contributed by atoms with E-state index in [0.29, 0.717) is 0 Å². The molecule has 11 aromatic rings. The average Bonchev–Trinajstić information content (AvgIpc) is 3.31. The molecule has 0 fully saturated rings. The molecule has 2 nitrogen and oxygen atoms in total. The Morgan fingerprint density at radius 3 is 1.33 bits per heavy atom. The minimum Gasteiger partial charge on any atom is -0.309 e. The first-order chi connectivity index (χ1) is 28.7. The molecule has 1 aromatic heterocycles. The number of para-hydroxylation sites is 1. The van der Waals surface area contributed by atoms with Gasteiger partial charge < -0.3 is 4.57 Å². The molecule has 0 aliphatic heterocycles. The van der Waals surface area contributed by atoms with Crippen LogP contribution < -0.4 is 15.9 Å². The smallest absolute Gasteiger partial charge is 0.171 e. The molecular weight excluding hydrogens is 722 g/mol. The summed E-state index contributed by atoms with van der Waals surface area (Å²) in [5.41, 5.74) is 7.70. The van der Waals surface area contributed by atoms with E-state index < -0.39 is 7.14 Å². The zero-order valence-corrected chi connectivity index (χ0v) is 32.5. The van der Waals surface area contributed by atoms with Crippen molar-refractivity contribution in [3.63, 3.8) is 0 Å². The van der Waals surface area contributed by atoms with Crippen molar-refractivity contribution in [2.45, 2.75) is 0 Å². The molecule has 0 saturated carbocycles. The number of fused-ring (bicyclic) bond motifs is 7. The number of rotatable bonds is 6. The fourth-order valence-electron chi connectivity index (χ4n) is 9.13. The van der Waals surface area contributed by atoms with Crippen LogP contribution in [0.4, 0.5) is 0 Å². The highest BCUT2D eigenvalue weighted by Gasteiger charge is 2.30. The largest absolute Gasteiger partial charge is 0.309 e. The Morgan fingerprint density at radius 1 is 0.328 bits per heavy atom. The highest BCUT2D eigenvalue weighted by molar-refractivity contribution is 7.85. The summed E-state index contributed by atoms with van der Waals surface area (Å²) in [5.74, 6) is 0. The lowest BCUT2D eigenvalue weighted by molar-refractivity contribution is 0.592. The zero-order chi connectivity index (χ0) is 38.6. The summed E-state index contributed by atoms with van der Waals surface area (Å²) in [6.07, 6.45) is 0. The molecule has 1 heterocycles. The van der Waals surface area contributed by atoms with Crippen molar-refractivity contribution in [3.8, 4) is 33.5 Å². The van der Waals surface area contributed by atoms with Crippen molar-refractivity contribution in [3.05, 3.63) is 218 Å². The van der Waals surface area contributed by atoms with Gasteiger partial charge in [0.05, 0.1) is 11.2 Å². The van der Waals surface area contributed by atoms with Crippen LogP contribution in [0.3, 0.4) is 0 Å². The molecule has 0 bridgehead atoms. The van der Waals surface area contributed by atoms with Gasteiger partial charge in [-0.15, -0.1) is 0 Å². The molecule has 0 aliphatic rings. The number of hydrogen-bond acceptors (Lipinski definition) is 2. The van der Waals surface area contributed by atoms with E-state index >= 15 is 4.57 Å². The second-order valence-electron chi connectivity index (χ2n) is 14.9. The van der Waals surface area contributed by atoms with Gasteiger partial charge in [0.15, 0.2) is 7.14 Å². The molecule has 0 amide bonds. The number of benzene rings is 10. The fraction of sp³-hybridized carbons (Fsp3) is 0. The number of pyridine rings is 1. The zero-order valence-electron chi connectivity index (χ0n) is 31.6. The Kier molecular flexibility index (Phi) is 8.14. The third kappa shape index (κ3) is 5.34. The first kappa shape index (κ1) is 34.2. The van der Waals surface area contributed by atoms with E-state index in [1.165, 1.54) is 54.4 Å². The Bertz CT molecular complexity index is 3300. The molecular formula is C55H36NOP. The van der Waals surface area contributed by atoms with Crippen LogP contribution in [0.1, 0.15) is 0 Å². The summed E-state index contributed by atoms with van der Waals surface area (Å²) in [7, 11) is -3.12. The Balaban J connectivity index is 1.19. The van der Waals surface area contributed by atoms with Crippen molar-refractivity contribution in [2.24, 2.45) is 0 Å². The summed E-state index contributed by atoms with van der Waals surface area (Å²) in [6.45, 7) is 0. The maximum Gasteiger partial charge on any atom is 0.171 e. The fourth-order valence-corrected chi connectivity index (χ4v) is 11.8. The van der Waals surface area contributed by atoms with Crippen LogP contribution in [0.15, 0.2) is 218 Å². The van der Waals surface area contributed by atoms with Gasteiger partial charge >= 0.3 is 0 Å². The molecule has 10 aromatic carbocycles. The summed E-state index contributed by atoms with van der Waals surface area (Å²) in [6, 6.07) is 76.2. The predicted octanol–water partition coefficient (Wildman–Crippen LogP) is 13.5. The minimum atomic E-state index is -3.12. The normalized spacial score (nSPS) is 11.9. The van der Waals surface area contributed by atoms with Gasteiger partial charge in [-0.2, -0.15) is 0 Å². The van der Waals surface area contributed by atoms with Crippen LogP contribution in [0.5, 0.6) is 0 Å². The number of hydrogen-bond donors (Lipinski definition) is 0. The van der Waals surface area contributed by atoms with Crippen molar-refractivity contribution in [1.29, 1.82) is 0 Å². The molecule has 0 spiro atoms. The van der Waals surface area contributed by atoms with Crippen LogP contribution in [-0.2, 0) is 4.57 Å². The lowest BCUT2D eigenvalue weighted by Gasteiger charge is -2.22. The van der Waals surface area contributed by atoms with Crippen LogP contribution >= 0.6 is 7.14 Å². The number of nitrogens with zero attached hydrogens (tertiary/aromatic N) is 1. The van der Waals surface area contributed by atoms with Gasteiger partial charge in [-0.3, -0.25) is 0 Å². The second-order valence-corrected chi connectivity index (χ2v) is 17.7. The van der Waals surface area contributed by atoms with E-state index in [2.05, 4.69) is 158 Å². The molecule has 0 atom stereocenters. The molecule has 3 heteroatoms. The van der Waals surface area contributed by atoms with Crippen molar-refractivity contribution >= 4 is 77.0 Å². The molecule has 0 saturated heterocycles.